The number of Topliss-reactive ketones (excluding diaryl/α,β-unsaturated/α-hetero) is 1. The molecule has 0 amide bonds. The molecule has 0 aliphatic rings. The molecule has 0 saturated heterocycles. The van der Waals surface area contributed by atoms with Crippen LogP contribution in [0, 0.1) is 0 Å². The van der Waals surface area contributed by atoms with Gasteiger partial charge in [-0.25, -0.2) is 0 Å². The van der Waals surface area contributed by atoms with Crippen molar-refractivity contribution in [1.29, 1.82) is 0 Å². The number of rotatable bonds is 13. The Bertz CT molecular complexity index is 728. The molecule has 0 unspecified atom stereocenters. The van der Waals surface area contributed by atoms with E-state index >= 15 is 0 Å². The standard InChI is InChI=1S/C26H36O3/c1-5-7-9-11-21-13-17-23(18-14-21)25(27)26(28-3,29-4)24-19-15-22(16-20-24)12-10-8-6-2/h13-20H,5-12H2,1-4H3. The van der Waals surface area contributed by atoms with Crippen molar-refractivity contribution in [2.75, 3.05) is 14.2 Å². The van der Waals surface area contributed by atoms with E-state index in [0.717, 1.165) is 18.4 Å². The molecule has 0 heterocycles. The van der Waals surface area contributed by atoms with Crippen molar-refractivity contribution in [3.63, 3.8) is 0 Å². The average molecular weight is 397 g/mol. The highest BCUT2D eigenvalue weighted by atomic mass is 16.7. The summed E-state index contributed by atoms with van der Waals surface area (Å²) in [5.41, 5.74) is 3.85. The lowest BCUT2D eigenvalue weighted by Crippen LogP contribution is -2.40. The first kappa shape index (κ1) is 23.3. The molecule has 0 aromatic heterocycles. The summed E-state index contributed by atoms with van der Waals surface area (Å²) in [6.07, 6.45) is 9.32. The van der Waals surface area contributed by atoms with Gasteiger partial charge in [-0.05, 0) is 36.8 Å². The normalized spacial score (nSPS) is 11.6. The minimum absolute atomic E-state index is 0.179. The zero-order valence-corrected chi connectivity index (χ0v) is 18.5. The van der Waals surface area contributed by atoms with Crippen molar-refractivity contribution in [2.45, 2.75) is 71.0 Å². The van der Waals surface area contributed by atoms with E-state index in [1.54, 1.807) is 0 Å². The first-order valence-electron chi connectivity index (χ1n) is 10.9. The largest absolute Gasteiger partial charge is 0.343 e. The van der Waals surface area contributed by atoms with Crippen LogP contribution in [0.2, 0.25) is 0 Å². The minimum atomic E-state index is -1.42. The molecule has 0 bridgehead atoms. The van der Waals surface area contributed by atoms with Crippen LogP contribution >= 0.6 is 0 Å². The van der Waals surface area contributed by atoms with Gasteiger partial charge < -0.3 is 9.47 Å². The molecule has 0 saturated carbocycles. The molecule has 2 aromatic rings. The van der Waals surface area contributed by atoms with Crippen LogP contribution in [-0.2, 0) is 28.1 Å². The van der Waals surface area contributed by atoms with E-state index in [9.17, 15) is 4.79 Å². The fourth-order valence-corrected chi connectivity index (χ4v) is 3.70. The van der Waals surface area contributed by atoms with Crippen molar-refractivity contribution in [3.05, 3.63) is 70.8 Å². The molecular formula is C26H36O3. The van der Waals surface area contributed by atoms with E-state index in [1.165, 1.54) is 63.9 Å². The van der Waals surface area contributed by atoms with Gasteiger partial charge in [0.25, 0.3) is 5.79 Å². The number of aryl methyl sites for hydroxylation is 2. The highest BCUT2D eigenvalue weighted by Gasteiger charge is 2.41. The summed E-state index contributed by atoms with van der Waals surface area (Å²) < 4.78 is 11.3. The Morgan fingerprint density at radius 3 is 1.59 bits per heavy atom. The maximum Gasteiger partial charge on any atom is 0.260 e. The molecular weight excluding hydrogens is 360 g/mol. The lowest BCUT2D eigenvalue weighted by Gasteiger charge is -2.30. The van der Waals surface area contributed by atoms with Gasteiger partial charge in [0.05, 0.1) is 0 Å². The summed E-state index contributed by atoms with van der Waals surface area (Å²) in [5.74, 6) is -1.60. The van der Waals surface area contributed by atoms with Crippen LogP contribution in [0.1, 0.15) is 79.4 Å². The highest BCUT2D eigenvalue weighted by molar-refractivity contribution is 6.02. The molecule has 0 aliphatic carbocycles. The number of hydrogen-bond acceptors (Lipinski definition) is 3. The van der Waals surface area contributed by atoms with Crippen LogP contribution in [0.5, 0.6) is 0 Å². The second-order valence-electron chi connectivity index (χ2n) is 7.66. The van der Waals surface area contributed by atoms with Crippen molar-refractivity contribution >= 4 is 5.78 Å². The lowest BCUT2D eigenvalue weighted by molar-refractivity contribution is -0.176. The molecule has 2 rings (SSSR count). The summed E-state index contributed by atoms with van der Waals surface area (Å²) in [5, 5.41) is 0. The second-order valence-corrected chi connectivity index (χ2v) is 7.66. The fourth-order valence-electron chi connectivity index (χ4n) is 3.70. The molecule has 158 valence electrons. The molecule has 0 aliphatic heterocycles. The second kappa shape index (κ2) is 11.9. The number of ketones is 1. The third-order valence-corrected chi connectivity index (χ3v) is 5.56. The summed E-state index contributed by atoms with van der Waals surface area (Å²) in [6.45, 7) is 4.41. The fraction of sp³-hybridized carbons (Fsp3) is 0.500. The smallest absolute Gasteiger partial charge is 0.260 e. The number of hydrogen-bond donors (Lipinski definition) is 0. The Morgan fingerprint density at radius 2 is 1.17 bits per heavy atom. The van der Waals surface area contributed by atoms with E-state index in [0.29, 0.717) is 5.56 Å². The van der Waals surface area contributed by atoms with Gasteiger partial charge in [-0.3, -0.25) is 4.79 Å². The van der Waals surface area contributed by atoms with Crippen LogP contribution in [-0.4, -0.2) is 20.0 Å². The summed E-state index contributed by atoms with van der Waals surface area (Å²) >= 11 is 0. The zero-order valence-electron chi connectivity index (χ0n) is 18.5. The van der Waals surface area contributed by atoms with Gasteiger partial charge in [0.15, 0.2) is 0 Å². The molecule has 2 aromatic carbocycles. The van der Waals surface area contributed by atoms with Gasteiger partial charge in [0.2, 0.25) is 5.78 Å². The predicted octanol–water partition coefficient (Wildman–Crippen LogP) is 6.48. The Kier molecular flexibility index (Phi) is 9.56. The Hall–Kier alpha value is -1.97. The summed E-state index contributed by atoms with van der Waals surface area (Å²) in [4.78, 5) is 13.3. The molecule has 0 atom stereocenters. The average Bonchev–Trinajstić information content (AvgIpc) is 2.77. The van der Waals surface area contributed by atoms with Crippen molar-refractivity contribution < 1.29 is 14.3 Å². The van der Waals surface area contributed by atoms with E-state index in [1.807, 2.05) is 36.4 Å². The Morgan fingerprint density at radius 1 is 0.724 bits per heavy atom. The predicted molar refractivity (Wildman–Crippen MR) is 119 cm³/mol. The number of ether oxygens (including phenoxy) is 2. The first-order valence-corrected chi connectivity index (χ1v) is 10.9. The van der Waals surface area contributed by atoms with Gasteiger partial charge in [0.1, 0.15) is 0 Å². The minimum Gasteiger partial charge on any atom is -0.343 e. The number of benzene rings is 2. The van der Waals surface area contributed by atoms with Crippen LogP contribution < -0.4 is 0 Å². The van der Waals surface area contributed by atoms with Gasteiger partial charge >= 0.3 is 0 Å². The van der Waals surface area contributed by atoms with Gasteiger partial charge in [0, 0.05) is 25.3 Å². The maximum absolute atomic E-state index is 13.3. The molecule has 0 fully saturated rings. The molecule has 3 nitrogen and oxygen atoms in total. The lowest BCUT2D eigenvalue weighted by atomic mass is 9.93. The summed E-state index contributed by atoms with van der Waals surface area (Å²) in [7, 11) is 3.05. The van der Waals surface area contributed by atoms with Crippen molar-refractivity contribution in [3.8, 4) is 0 Å². The third kappa shape index (κ3) is 6.01. The van der Waals surface area contributed by atoms with Crippen molar-refractivity contribution in [1.82, 2.24) is 0 Å². The van der Waals surface area contributed by atoms with Crippen molar-refractivity contribution in [2.24, 2.45) is 0 Å². The van der Waals surface area contributed by atoms with Crippen LogP contribution in [0.3, 0.4) is 0 Å². The van der Waals surface area contributed by atoms with E-state index in [-0.39, 0.29) is 5.78 Å². The molecule has 0 N–H and O–H groups in total. The quantitative estimate of drug-likeness (QED) is 0.221. The van der Waals surface area contributed by atoms with Gasteiger partial charge in [-0.2, -0.15) is 0 Å². The molecule has 0 radical (unpaired) electrons. The van der Waals surface area contributed by atoms with Crippen LogP contribution in [0.25, 0.3) is 0 Å². The zero-order chi connectivity index (χ0) is 21.1. The Balaban J connectivity index is 2.19. The highest BCUT2D eigenvalue weighted by Crippen LogP contribution is 2.31. The topological polar surface area (TPSA) is 35.5 Å². The molecule has 29 heavy (non-hydrogen) atoms. The van der Waals surface area contributed by atoms with E-state index in [2.05, 4.69) is 26.0 Å². The van der Waals surface area contributed by atoms with Crippen LogP contribution in [0.15, 0.2) is 48.5 Å². The third-order valence-electron chi connectivity index (χ3n) is 5.56. The maximum atomic E-state index is 13.3. The Labute approximate surface area is 176 Å². The van der Waals surface area contributed by atoms with E-state index < -0.39 is 5.79 Å². The first-order chi connectivity index (χ1) is 14.1. The number of carbonyl (C=O) groups is 1. The summed E-state index contributed by atoms with van der Waals surface area (Å²) in [6, 6.07) is 15.9. The number of carbonyl (C=O) groups excluding carboxylic acids is 1. The monoisotopic (exact) mass is 396 g/mol. The number of methoxy groups -OCH3 is 2. The SMILES string of the molecule is CCCCCc1ccc(C(=O)C(OC)(OC)c2ccc(CCCCC)cc2)cc1. The molecule has 0 spiro atoms. The molecule has 3 heteroatoms. The number of unbranched alkanes of at least 4 members (excludes halogenated alkanes) is 4. The van der Waals surface area contributed by atoms with Crippen LogP contribution in [0.4, 0.5) is 0 Å². The van der Waals surface area contributed by atoms with E-state index in [4.69, 9.17) is 9.47 Å². The van der Waals surface area contributed by atoms with Gasteiger partial charge in [-0.1, -0.05) is 88.1 Å². The van der Waals surface area contributed by atoms with Gasteiger partial charge in [-0.15, -0.1) is 0 Å².